The van der Waals surface area contributed by atoms with Gasteiger partial charge < -0.3 is 10.6 Å². The van der Waals surface area contributed by atoms with E-state index >= 15 is 0 Å². The molecule has 0 aliphatic heterocycles. The zero-order chi connectivity index (χ0) is 11.9. The third-order valence-corrected chi connectivity index (χ3v) is 5.33. The molecule has 0 saturated heterocycles. The molecule has 0 heterocycles. The van der Waals surface area contributed by atoms with E-state index in [0.29, 0.717) is 11.5 Å². The van der Waals surface area contributed by atoms with Crippen LogP contribution in [-0.2, 0) is 0 Å². The van der Waals surface area contributed by atoms with Gasteiger partial charge in [-0.25, -0.2) is 0 Å². The maximum atomic E-state index is 6.08. The molecule has 0 amide bonds. The lowest BCUT2D eigenvalue weighted by atomic mass is 9.55. The highest BCUT2D eigenvalue weighted by Crippen LogP contribution is 2.54. The van der Waals surface area contributed by atoms with Gasteiger partial charge in [0.2, 0.25) is 0 Å². The van der Waals surface area contributed by atoms with Crippen LogP contribution in [0.25, 0.3) is 0 Å². The van der Waals surface area contributed by atoms with Gasteiger partial charge in [-0.2, -0.15) is 0 Å². The standard InChI is InChI=1S/C14H25N3/c1-17(12-6-7-12)13(15)16-10-14(8-3-9-14)11-4-2-5-11/h11-12H,2-10H2,1H3,(H2,15,16). The first kappa shape index (κ1) is 11.4. The number of hydrogen-bond donors (Lipinski definition) is 1. The van der Waals surface area contributed by atoms with Crippen molar-refractivity contribution in [2.24, 2.45) is 22.1 Å². The van der Waals surface area contributed by atoms with Crippen molar-refractivity contribution in [2.45, 2.75) is 57.4 Å². The van der Waals surface area contributed by atoms with Crippen LogP contribution < -0.4 is 5.73 Å². The molecular formula is C14H25N3. The number of hydrogen-bond acceptors (Lipinski definition) is 1. The van der Waals surface area contributed by atoms with Crippen LogP contribution in [0.2, 0.25) is 0 Å². The van der Waals surface area contributed by atoms with Gasteiger partial charge in [0.25, 0.3) is 0 Å². The second-order valence-electron chi connectivity index (χ2n) is 6.36. The molecule has 3 nitrogen and oxygen atoms in total. The van der Waals surface area contributed by atoms with Gasteiger partial charge >= 0.3 is 0 Å². The Kier molecular flexibility index (Phi) is 2.80. The van der Waals surface area contributed by atoms with Crippen LogP contribution in [0.1, 0.15) is 51.4 Å². The number of nitrogens with two attached hydrogens (primary N) is 1. The predicted molar refractivity (Wildman–Crippen MR) is 70.9 cm³/mol. The van der Waals surface area contributed by atoms with Crippen LogP contribution in [0.3, 0.4) is 0 Å². The van der Waals surface area contributed by atoms with Crippen LogP contribution in [0.15, 0.2) is 4.99 Å². The highest BCUT2D eigenvalue weighted by molar-refractivity contribution is 5.78. The minimum atomic E-state index is 0.549. The summed E-state index contributed by atoms with van der Waals surface area (Å²) in [5.41, 5.74) is 6.63. The Bertz CT molecular complexity index is 311. The van der Waals surface area contributed by atoms with Crippen molar-refractivity contribution in [2.75, 3.05) is 13.6 Å². The fourth-order valence-electron chi connectivity index (χ4n) is 3.35. The molecule has 3 aliphatic carbocycles. The highest BCUT2D eigenvalue weighted by atomic mass is 15.3. The Labute approximate surface area is 104 Å². The summed E-state index contributed by atoms with van der Waals surface area (Å²) in [7, 11) is 2.09. The lowest BCUT2D eigenvalue weighted by Crippen LogP contribution is -2.44. The van der Waals surface area contributed by atoms with Gasteiger partial charge in [-0.3, -0.25) is 4.99 Å². The van der Waals surface area contributed by atoms with Crippen molar-refractivity contribution in [1.29, 1.82) is 0 Å². The third kappa shape index (κ3) is 2.04. The molecule has 2 N–H and O–H groups in total. The maximum Gasteiger partial charge on any atom is 0.191 e. The van der Waals surface area contributed by atoms with E-state index in [2.05, 4.69) is 11.9 Å². The fourth-order valence-corrected chi connectivity index (χ4v) is 3.35. The molecule has 0 aromatic carbocycles. The van der Waals surface area contributed by atoms with E-state index in [0.717, 1.165) is 18.4 Å². The second kappa shape index (κ2) is 4.18. The Morgan fingerprint density at radius 3 is 2.35 bits per heavy atom. The van der Waals surface area contributed by atoms with Crippen molar-refractivity contribution >= 4 is 5.96 Å². The zero-order valence-electron chi connectivity index (χ0n) is 11.0. The second-order valence-corrected chi connectivity index (χ2v) is 6.36. The molecule has 3 aliphatic rings. The average molecular weight is 235 g/mol. The molecule has 0 aromatic rings. The number of nitrogens with zero attached hydrogens (tertiary/aromatic N) is 2. The SMILES string of the molecule is CN(C(N)=NCC1(C2CCC2)CCC1)C1CC1. The van der Waals surface area contributed by atoms with Gasteiger partial charge in [0.05, 0.1) is 0 Å². The molecule has 3 saturated carbocycles. The summed E-state index contributed by atoms with van der Waals surface area (Å²) in [5, 5.41) is 0. The number of aliphatic imine (C=N–C) groups is 1. The van der Waals surface area contributed by atoms with E-state index < -0.39 is 0 Å². The first-order valence-electron chi connectivity index (χ1n) is 7.24. The van der Waals surface area contributed by atoms with E-state index in [1.807, 2.05) is 0 Å². The van der Waals surface area contributed by atoms with Crippen molar-refractivity contribution in [3.05, 3.63) is 0 Å². The minimum Gasteiger partial charge on any atom is -0.370 e. The lowest BCUT2D eigenvalue weighted by Gasteiger charge is -2.51. The smallest absolute Gasteiger partial charge is 0.191 e. The first-order valence-corrected chi connectivity index (χ1v) is 7.24. The summed E-state index contributed by atoms with van der Waals surface area (Å²) in [4.78, 5) is 6.88. The van der Waals surface area contributed by atoms with Crippen LogP contribution >= 0.6 is 0 Å². The highest BCUT2D eigenvalue weighted by Gasteiger charge is 2.46. The first-order chi connectivity index (χ1) is 8.21. The largest absolute Gasteiger partial charge is 0.370 e. The maximum absolute atomic E-state index is 6.08. The Morgan fingerprint density at radius 2 is 1.94 bits per heavy atom. The summed E-state index contributed by atoms with van der Waals surface area (Å²) in [6.45, 7) is 0.987. The zero-order valence-corrected chi connectivity index (χ0v) is 11.0. The van der Waals surface area contributed by atoms with Gasteiger partial charge in [-0.15, -0.1) is 0 Å². The van der Waals surface area contributed by atoms with Crippen LogP contribution in [0.4, 0.5) is 0 Å². The Balaban J connectivity index is 1.59. The predicted octanol–water partition coefficient (Wildman–Crippen LogP) is 2.37. The normalized spacial score (nSPS) is 28.4. The monoisotopic (exact) mass is 235 g/mol. The molecule has 0 aromatic heterocycles. The third-order valence-electron chi connectivity index (χ3n) is 5.33. The number of rotatable bonds is 4. The molecular weight excluding hydrogens is 210 g/mol. The lowest BCUT2D eigenvalue weighted by molar-refractivity contribution is 0.0114. The molecule has 0 atom stereocenters. The summed E-state index contributed by atoms with van der Waals surface area (Å²) in [6, 6.07) is 0.680. The van der Waals surface area contributed by atoms with Gasteiger partial charge in [0, 0.05) is 19.6 Å². The van der Waals surface area contributed by atoms with Crippen molar-refractivity contribution in [3.8, 4) is 0 Å². The van der Waals surface area contributed by atoms with Crippen molar-refractivity contribution in [3.63, 3.8) is 0 Å². The topological polar surface area (TPSA) is 41.6 Å². The van der Waals surface area contributed by atoms with Crippen molar-refractivity contribution < 1.29 is 0 Å². The Hall–Kier alpha value is -0.730. The van der Waals surface area contributed by atoms with Gasteiger partial charge in [-0.1, -0.05) is 12.8 Å². The molecule has 3 fully saturated rings. The van der Waals surface area contributed by atoms with E-state index in [4.69, 9.17) is 10.7 Å². The summed E-state index contributed by atoms with van der Waals surface area (Å²) >= 11 is 0. The van der Waals surface area contributed by atoms with E-state index in [1.54, 1.807) is 0 Å². The average Bonchev–Trinajstić information content (AvgIpc) is 3.00. The van der Waals surface area contributed by atoms with Gasteiger partial charge in [0.1, 0.15) is 0 Å². The quantitative estimate of drug-likeness (QED) is 0.600. The molecule has 17 heavy (non-hydrogen) atoms. The molecule has 0 bridgehead atoms. The molecule has 3 rings (SSSR count). The summed E-state index contributed by atoms with van der Waals surface area (Å²) in [5.74, 6) is 1.73. The number of guanidine groups is 1. The molecule has 96 valence electrons. The van der Waals surface area contributed by atoms with Gasteiger partial charge in [-0.05, 0) is 49.9 Å². The molecule has 0 unspecified atom stereocenters. The molecule has 0 radical (unpaired) electrons. The molecule has 0 spiro atoms. The van der Waals surface area contributed by atoms with E-state index in [-0.39, 0.29) is 0 Å². The van der Waals surface area contributed by atoms with Crippen LogP contribution in [0, 0.1) is 11.3 Å². The minimum absolute atomic E-state index is 0.549. The van der Waals surface area contributed by atoms with E-state index in [1.165, 1.54) is 51.4 Å². The summed E-state index contributed by atoms with van der Waals surface area (Å²) in [6.07, 6.45) is 11.1. The van der Waals surface area contributed by atoms with Gasteiger partial charge in [0.15, 0.2) is 5.96 Å². The Morgan fingerprint density at radius 1 is 1.24 bits per heavy atom. The van der Waals surface area contributed by atoms with Crippen LogP contribution in [-0.4, -0.2) is 30.5 Å². The fraction of sp³-hybridized carbons (Fsp3) is 0.929. The van der Waals surface area contributed by atoms with E-state index in [9.17, 15) is 0 Å². The van der Waals surface area contributed by atoms with Crippen LogP contribution in [0.5, 0.6) is 0 Å². The summed E-state index contributed by atoms with van der Waals surface area (Å²) < 4.78 is 0. The van der Waals surface area contributed by atoms with Crippen molar-refractivity contribution in [1.82, 2.24) is 4.90 Å². The molecule has 3 heteroatoms.